The molecule has 1 aliphatic carbocycles. The van der Waals surface area contributed by atoms with Gasteiger partial charge in [0, 0.05) is 25.0 Å². The summed E-state index contributed by atoms with van der Waals surface area (Å²) < 4.78 is 2.08. The van der Waals surface area contributed by atoms with Gasteiger partial charge in [-0.3, -0.25) is 4.99 Å². The predicted molar refractivity (Wildman–Crippen MR) is 90.0 cm³/mol. The van der Waals surface area contributed by atoms with Gasteiger partial charge in [-0.05, 0) is 26.2 Å². The fourth-order valence-electron chi connectivity index (χ4n) is 2.74. The highest BCUT2D eigenvalue weighted by Gasteiger charge is 2.16. The lowest BCUT2D eigenvalue weighted by atomic mass is 10.2. The number of hydrogen-bond donors (Lipinski definition) is 2. The van der Waals surface area contributed by atoms with Gasteiger partial charge < -0.3 is 15.2 Å². The highest BCUT2D eigenvalue weighted by molar-refractivity contribution is 5.80. The molecule has 0 aromatic carbocycles. The van der Waals surface area contributed by atoms with Crippen LogP contribution in [0.3, 0.4) is 0 Å². The normalized spacial score (nSPS) is 17.7. The molecule has 0 aliphatic heterocycles. The van der Waals surface area contributed by atoms with Crippen molar-refractivity contribution in [3.8, 4) is 0 Å². The third-order valence-corrected chi connectivity index (χ3v) is 4.31. The largest absolute Gasteiger partial charge is 0.354 e. The standard InChI is InChI=1S/C16H30N6/c1-4-13(3)19-16(20-14-8-6-7-9-14)17-10-11-22-12-18-21-15(22)5-2/h12-14H,4-11H2,1-3H3,(H2,17,19,20). The summed E-state index contributed by atoms with van der Waals surface area (Å²) in [4.78, 5) is 4.74. The maximum atomic E-state index is 4.74. The van der Waals surface area contributed by atoms with Crippen LogP contribution in [-0.4, -0.2) is 39.4 Å². The molecule has 2 N–H and O–H groups in total. The topological polar surface area (TPSA) is 67.1 Å². The van der Waals surface area contributed by atoms with Crippen molar-refractivity contribution in [2.45, 2.75) is 77.9 Å². The van der Waals surface area contributed by atoms with Crippen molar-refractivity contribution in [2.24, 2.45) is 4.99 Å². The molecule has 1 fully saturated rings. The Morgan fingerprint density at radius 3 is 2.86 bits per heavy atom. The van der Waals surface area contributed by atoms with Gasteiger partial charge in [0.15, 0.2) is 5.96 Å². The van der Waals surface area contributed by atoms with Crippen LogP contribution in [0, 0.1) is 0 Å². The zero-order valence-corrected chi connectivity index (χ0v) is 14.2. The van der Waals surface area contributed by atoms with E-state index in [0.29, 0.717) is 12.1 Å². The fraction of sp³-hybridized carbons (Fsp3) is 0.812. The molecule has 1 atom stereocenters. The van der Waals surface area contributed by atoms with Gasteiger partial charge in [-0.2, -0.15) is 0 Å². The van der Waals surface area contributed by atoms with Crippen LogP contribution in [0.5, 0.6) is 0 Å². The van der Waals surface area contributed by atoms with Crippen molar-refractivity contribution in [2.75, 3.05) is 6.54 Å². The molecule has 1 aromatic heterocycles. The second-order valence-electron chi connectivity index (χ2n) is 6.10. The van der Waals surface area contributed by atoms with Gasteiger partial charge in [-0.1, -0.05) is 26.7 Å². The number of rotatable bonds is 7. The third-order valence-electron chi connectivity index (χ3n) is 4.31. The van der Waals surface area contributed by atoms with E-state index in [0.717, 1.165) is 37.7 Å². The lowest BCUT2D eigenvalue weighted by molar-refractivity contribution is 0.573. The molecule has 0 bridgehead atoms. The van der Waals surface area contributed by atoms with Crippen LogP contribution < -0.4 is 10.6 Å². The van der Waals surface area contributed by atoms with Gasteiger partial charge >= 0.3 is 0 Å². The summed E-state index contributed by atoms with van der Waals surface area (Å²) in [7, 11) is 0. The first-order chi connectivity index (χ1) is 10.7. The predicted octanol–water partition coefficient (Wildman–Crippen LogP) is 2.12. The molecular weight excluding hydrogens is 276 g/mol. The molecule has 1 heterocycles. The Morgan fingerprint density at radius 2 is 2.18 bits per heavy atom. The van der Waals surface area contributed by atoms with Gasteiger partial charge in [-0.15, -0.1) is 10.2 Å². The van der Waals surface area contributed by atoms with Gasteiger partial charge in [0.2, 0.25) is 0 Å². The molecule has 124 valence electrons. The molecule has 1 aromatic rings. The van der Waals surface area contributed by atoms with Gasteiger partial charge in [0.05, 0.1) is 6.54 Å². The summed E-state index contributed by atoms with van der Waals surface area (Å²) in [5, 5.41) is 15.2. The van der Waals surface area contributed by atoms with Crippen molar-refractivity contribution in [1.82, 2.24) is 25.4 Å². The number of guanidine groups is 1. The number of nitrogens with zero attached hydrogens (tertiary/aromatic N) is 4. The lowest BCUT2D eigenvalue weighted by Crippen LogP contribution is -2.46. The van der Waals surface area contributed by atoms with Gasteiger partial charge in [-0.25, -0.2) is 0 Å². The maximum Gasteiger partial charge on any atom is 0.191 e. The summed E-state index contributed by atoms with van der Waals surface area (Å²) in [6.07, 6.45) is 8.96. The Labute approximate surface area is 133 Å². The minimum Gasteiger partial charge on any atom is -0.354 e. The van der Waals surface area contributed by atoms with Crippen molar-refractivity contribution in [1.29, 1.82) is 0 Å². The van der Waals surface area contributed by atoms with E-state index in [9.17, 15) is 0 Å². The molecule has 0 amide bonds. The Balaban J connectivity index is 1.90. The molecule has 6 heteroatoms. The summed E-state index contributed by atoms with van der Waals surface area (Å²) in [6, 6.07) is 1.02. The molecule has 22 heavy (non-hydrogen) atoms. The summed E-state index contributed by atoms with van der Waals surface area (Å²) in [5.41, 5.74) is 0. The van der Waals surface area contributed by atoms with Gasteiger partial charge in [0.25, 0.3) is 0 Å². The summed E-state index contributed by atoms with van der Waals surface area (Å²) in [6.45, 7) is 8.05. The first-order valence-electron chi connectivity index (χ1n) is 8.67. The maximum absolute atomic E-state index is 4.74. The average molecular weight is 306 g/mol. The van der Waals surface area contributed by atoms with Crippen LogP contribution in [0.2, 0.25) is 0 Å². The van der Waals surface area contributed by atoms with Crippen LogP contribution in [0.15, 0.2) is 11.3 Å². The zero-order valence-electron chi connectivity index (χ0n) is 14.2. The Kier molecular flexibility index (Phi) is 6.68. The zero-order chi connectivity index (χ0) is 15.8. The molecule has 0 saturated heterocycles. The highest BCUT2D eigenvalue weighted by Crippen LogP contribution is 2.17. The van der Waals surface area contributed by atoms with Crippen molar-refractivity contribution < 1.29 is 0 Å². The van der Waals surface area contributed by atoms with E-state index < -0.39 is 0 Å². The lowest BCUT2D eigenvalue weighted by Gasteiger charge is -2.20. The third kappa shape index (κ3) is 5.00. The van der Waals surface area contributed by atoms with E-state index in [1.165, 1.54) is 25.7 Å². The first kappa shape index (κ1) is 16.8. The first-order valence-corrected chi connectivity index (χ1v) is 8.67. The average Bonchev–Trinajstić information content (AvgIpc) is 3.18. The van der Waals surface area contributed by atoms with Crippen LogP contribution in [0.25, 0.3) is 0 Å². The summed E-state index contributed by atoms with van der Waals surface area (Å²) >= 11 is 0. The molecule has 0 spiro atoms. The number of aromatic nitrogens is 3. The second kappa shape index (κ2) is 8.76. The van der Waals surface area contributed by atoms with E-state index in [4.69, 9.17) is 4.99 Å². The van der Waals surface area contributed by atoms with E-state index in [1.54, 1.807) is 6.33 Å². The smallest absolute Gasteiger partial charge is 0.191 e. The molecule has 6 nitrogen and oxygen atoms in total. The molecule has 1 aliphatic rings. The molecular formula is C16H30N6. The molecule has 2 rings (SSSR count). The van der Waals surface area contributed by atoms with E-state index >= 15 is 0 Å². The Morgan fingerprint density at radius 1 is 1.41 bits per heavy atom. The minimum absolute atomic E-state index is 0.439. The number of aliphatic imine (C=N–C) groups is 1. The monoisotopic (exact) mass is 306 g/mol. The van der Waals surface area contributed by atoms with Crippen molar-refractivity contribution >= 4 is 5.96 Å². The van der Waals surface area contributed by atoms with E-state index in [2.05, 4.69) is 46.2 Å². The van der Waals surface area contributed by atoms with Crippen LogP contribution in [0.1, 0.15) is 58.7 Å². The molecule has 0 radical (unpaired) electrons. The fourth-order valence-corrected chi connectivity index (χ4v) is 2.74. The van der Waals surface area contributed by atoms with E-state index in [-0.39, 0.29) is 0 Å². The molecule has 1 unspecified atom stereocenters. The highest BCUT2D eigenvalue weighted by atomic mass is 15.3. The Hall–Kier alpha value is -1.59. The van der Waals surface area contributed by atoms with Crippen molar-refractivity contribution in [3.05, 3.63) is 12.2 Å². The minimum atomic E-state index is 0.439. The summed E-state index contributed by atoms with van der Waals surface area (Å²) in [5.74, 6) is 1.97. The number of hydrogen-bond acceptors (Lipinski definition) is 3. The molecule has 1 saturated carbocycles. The quantitative estimate of drug-likeness (QED) is 0.598. The van der Waals surface area contributed by atoms with Gasteiger partial charge in [0.1, 0.15) is 12.2 Å². The van der Waals surface area contributed by atoms with Crippen LogP contribution >= 0.6 is 0 Å². The number of nitrogens with one attached hydrogen (secondary N) is 2. The number of aryl methyl sites for hydroxylation is 1. The van der Waals surface area contributed by atoms with Crippen LogP contribution in [0.4, 0.5) is 0 Å². The van der Waals surface area contributed by atoms with Crippen molar-refractivity contribution in [3.63, 3.8) is 0 Å². The van der Waals surface area contributed by atoms with E-state index in [1.807, 2.05) is 0 Å². The second-order valence-corrected chi connectivity index (χ2v) is 6.10. The SMILES string of the molecule is CCc1nncn1CCN=C(NC(C)CC)NC1CCCC1. The Bertz CT molecular complexity index is 461. The van der Waals surface area contributed by atoms with Crippen LogP contribution in [-0.2, 0) is 13.0 Å².